The number of anilines is 1. The Morgan fingerprint density at radius 1 is 0.953 bits per heavy atom. The van der Waals surface area contributed by atoms with Crippen LogP contribution in [0.25, 0.3) is 21.9 Å². The normalized spacial score (nSPS) is 12.7. The van der Waals surface area contributed by atoms with E-state index in [0.717, 1.165) is 35.1 Å². The van der Waals surface area contributed by atoms with Crippen LogP contribution in [-0.2, 0) is 50.3 Å². The Balaban J connectivity index is 1.77. The zero-order valence-corrected chi connectivity index (χ0v) is 26.3. The molecule has 1 unspecified atom stereocenters. The number of pyridine rings is 1. The summed E-state index contributed by atoms with van der Waals surface area (Å²) in [4.78, 5) is 32.8. The van der Waals surface area contributed by atoms with Crippen molar-refractivity contribution < 1.29 is 46.9 Å². The Bertz CT molecular complexity index is 1400. The van der Waals surface area contributed by atoms with Crippen molar-refractivity contribution in [2.75, 3.05) is 25.7 Å². The molecule has 2 N–H and O–H groups in total. The number of nitrogens with zero attached hydrogens (tertiary/aromatic N) is 3. The highest BCUT2D eigenvalue weighted by Gasteiger charge is 2.29. The van der Waals surface area contributed by atoms with Crippen LogP contribution in [0.3, 0.4) is 0 Å². The van der Waals surface area contributed by atoms with E-state index in [9.17, 15) is 14.2 Å². The van der Waals surface area contributed by atoms with Gasteiger partial charge in [0.1, 0.15) is 17.7 Å². The quantitative estimate of drug-likeness (QED) is 0.110. The minimum Gasteiger partial charge on any atom is -0.432 e. The van der Waals surface area contributed by atoms with Gasteiger partial charge in [-0.25, -0.2) is 19.6 Å². The van der Waals surface area contributed by atoms with Crippen LogP contribution >= 0.6 is 7.60 Å². The highest BCUT2D eigenvalue weighted by molar-refractivity contribution is 7.53. The third-order valence-corrected chi connectivity index (χ3v) is 7.38. The summed E-state index contributed by atoms with van der Waals surface area (Å²) < 4.78 is 51.4. The molecule has 1 atom stereocenters. The van der Waals surface area contributed by atoms with E-state index >= 15 is 0 Å². The van der Waals surface area contributed by atoms with Crippen LogP contribution < -0.4 is 5.73 Å². The molecule has 3 aromatic rings. The van der Waals surface area contributed by atoms with Gasteiger partial charge in [-0.05, 0) is 47.1 Å². The number of unbranched alkanes of at least 4 members (excludes halogenated alkanes) is 1. The van der Waals surface area contributed by atoms with Crippen LogP contribution in [0.15, 0.2) is 24.3 Å². The molecular weight excluding hydrogens is 583 g/mol. The van der Waals surface area contributed by atoms with Gasteiger partial charge in [-0.1, -0.05) is 31.5 Å². The highest BCUT2D eigenvalue weighted by Crippen LogP contribution is 2.48. The molecule has 0 spiro atoms. The molecule has 0 aliphatic rings. The molecule has 0 saturated heterocycles. The molecule has 238 valence electrons. The summed E-state index contributed by atoms with van der Waals surface area (Å²) >= 11 is 0. The maximum atomic E-state index is 13.5. The maximum absolute atomic E-state index is 13.5. The smallest absolute Gasteiger partial charge is 0.432 e. The second-order valence-electron chi connectivity index (χ2n) is 10.3. The third-order valence-electron chi connectivity index (χ3n) is 5.92. The molecule has 1 aromatic carbocycles. The van der Waals surface area contributed by atoms with E-state index in [0.29, 0.717) is 24.3 Å². The van der Waals surface area contributed by atoms with Crippen molar-refractivity contribution in [3.8, 4) is 0 Å². The Kier molecular flexibility index (Phi) is 12.6. The fourth-order valence-electron chi connectivity index (χ4n) is 4.03. The highest BCUT2D eigenvalue weighted by atomic mass is 31.2. The second-order valence-corrected chi connectivity index (χ2v) is 12.3. The summed E-state index contributed by atoms with van der Waals surface area (Å²) in [6.07, 6.45) is -1.34. The molecule has 0 aliphatic heterocycles. The molecule has 0 bridgehead atoms. The molecule has 0 saturated carbocycles. The van der Waals surface area contributed by atoms with Crippen LogP contribution in [0.4, 0.5) is 15.4 Å². The average Bonchev–Trinajstić information content (AvgIpc) is 3.29. The number of para-hydroxylation sites is 1. The Morgan fingerprint density at radius 2 is 1.56 bits per heavy atom. The lowest BCUT2D eigenvalue weighted by molar-refractivity contribution is -0.0369. The van der Waals surface area contributed by atoms with E-state index in [1.54, 1.807) is 34.6 Å². The van der Waals surface area contributed by atoms with E-state index in [-0.39, 0.29) is 0 Å². The first-order valence-corrected chi connectivity index (χ1v) is 15.8. The van der Waals surface area contributed by atoms with Crippen molar-refractivity contribution in [1.82, 2.24) is 14.5 Å². The number of nitrogen functional groups attached to an aromatic ring is 1. The molecule has 3 rings (SSSR count). The van der Waals surface area contributed by atoms with Crippen molar-refractivity contribution in [1.29, 1.82) is 0 Å². The molecule has 2 heterocycles. The van der Waals surface area contributed by atoms with Crippen molar-refractivity contribution in [2.45, 2.75) is 85.7 Å². The molecule has 0 fully saturated rings. The third kappa shape index (κ3) is 10.1. The second kappa shape index (κ2) is 15.9. The van der Waals surface area contributed by atoms with Gasteiger partial charge >= 0.3 is 19.9 Å². The summed E-state index contributed by atoms with van der Waals surface area (Å²) in [5.41, 5.74) is 8.46. The molecule has 43 heavy (non-hydrogen) atoms. The Morgan fingerprint density at radius 3 is 2.14 bits per heavy atom. The van der Waals surface area contributed by atoms with Gasteiger partial charge in [0.15, 0.2) is 5.82 Å². The van der Waals surface area contributed by atoms with Gasteiger partial charge < -0.3 is 34.0 Å². The number of fused-ring (bicyclic) bond motifs is 3. The van der Waals surface area contributed by atoms with Gasteiger partial charge in [-0.3, -0.25) is 13.6 Å². The zero-order chi connectivity index (χ0) is 31.6. The number of hydrogen-bond donors (Lipinski definition) is 1. The van der Waals surface area contributed by atoms with E-state index in [1.165, 1.54) is 0 Å². The standard InChI is InChI=1S/C28H41N4O10P/c1-7-8-13-23-31-24-25(21-11-9-10-12-22(21)30-26(24)29)32(23)14-20(6)38-17-43(35,39-15-36-27(33)41-18(2)3)40-16-37-28(34)42-19(4)5/h9-12,18-20H,7-8,13-17H2,1-6H3,(H2,29,30). The fourth-order valence-corrected chi connectivity index (χ4v) is 5.12. The van der Waals surface area contributed by atoms with Gasteiger partial charge in [0.05, 0.1) is 35.9 Å². The first-order valence-electron chi connectivity index (χ1n) is 14.1. The summed E-state index contributed by atoms with van der Waals surface area (Å²) in [6.45, 7) is 9.29. The zero-order valence-electron chi connectivity index (χ0n) is 25.4. The number of imidazole rings is 1. The number of hydrogen-bond acceptors (Lipinski definition) is 13. The monoisotopic (exact) mass is 624 g/mol. The molecule has 15 heteroatoms. The number of carbonyl (C=O) groups is 2. The van der Waals surface area contributed by atoms with E-state index in [4.69, 9.17) is 43.4 Å². The van der Waals surface area contributed by atoms with Gasteiger partial charge in [0.25, 0.3) is 0 Å². The number of aromatic nitrogens is 3. The number of aryl methyl sites for hydroxylation is 1. The van der Waals surface area contributed by atoms with Crippen molar-refractivity contribution in [3.05, 3.63) is 30.1 Å². The number of nitrogens with two attached hydrogens (primary N) is 1. The summed E-state index contributed by atoms with van der Waals surface area (Å²) in [5.74, 6) is 1.15. The van der Waals surface area contributed by atoms with Crippen molar-refractivity contribution in [2.24, 2.45) is 0 Å². The summed E-state index contributed by atoms with van der Waals surface area (Å²) in [6, 6.07) is 7.66. The number of rotatable bonds is 16. The number of ether oxygens (including phenoxy) is 5. The Hall–Kier alpha value is -3.45. The first-order chi connectivity index (χ1) is 20.4. The minimum atomic E-state index is -4.11. The molecule has 0 amide bonds. The first kappa shape index (κ1) is 34.0. The van der Waals surface area contributed by atoms with Gasteiger partial charge in [-0.2, -0.15) is 0 Å². The molecular formula is C28H41N4O10P. The van der Waals surface area contributed by atoms with Gasteiger partial charge in [0.2, 0.25) is 13.6 Å². The lowest BCUT2D eigenvalue weighted by atomic mass is 10.2. The Labute approximate surface area is 250 Å². The lowest BCUT2D eigenvalue weighted by Gasteiger charge is -2.22. The van der Waals surface area contributed by atoms with Gasteiger partial charge in [-0.15, -0.1) is 0 Å². The SMILES string of the molecule is CCCCc1nc2c(N)nc3ccccc3c2n1CC(C)OCP(=O)(OCOC(=O)OC(C)C)OCOC(=O)OC(C)C. The largest absolute Gasteiger partial charge is 0.510 e. The average molecular weight is 625 g/mol. The van der Waals surface area contributed by atoms with Crippen molar-refractivity contribution in [3.63, 3.8) is 0 Å². The molecule has 0 aliphatic carbocycles. The van der Waals surface area contributed by atoms with Crippen LogP contribution in [0.1, 0.15) is 60.2 Å². The van der Waals surface area contributed by atoms with E-state index in [2.05, 4.69) is 11.9 Å². The van der Waals surface area contributed by atoms with Crippen LogP contribution in [0.5, 0.6) is 0 Å². The summed E-state index contributed by atoms with van der Waals surface area (Å²) in [7, 11) is -4.11. The van der Waals surface area contributed by atoms with Crippen LogP contribution in [-0.4, -0.2) is 65.1 Å². The van der Waals surface area contributed by atoms with Crippen molar-refractivity contribution >= 4 is 47.7 Å². The lowest BCUT2D eigenvalue weighted by Crippen LogP contribution is -2.21. The van der Waals surface area contributed by atoms with E-state index < -0.39 is 58.2 Å². The summed E-state index contributed by atoms with van der Waals surface area (Å²) in [5, 5.41) is 0.891. The molecule has 14 nitrogen and oxygen atoms in total. The van der Waals surface area contributed by atoms with Gasteiger partial charge in [0, 0.05) is 11.8 Å². The molecule has 0 radical (unpaired) electrons. The number of benzene rings is 1. The van der Waals surface area contributed by atoms with E-state index in [1.807, 2.05) is 28.8 Å². The number of carbonyl (C=O) groups excluding carboxylic acids is 2. The minimum absolute atomic E-state index is 0.331. The fraction of sp³-hybridized carbons (Fsp3) is 0.571. The predicted octanol–water partition coefficient (Wildman–Crippen LogP) is 6.14. The maximum Gasteiger partial charge on any atom is 0.510 e. The molecule has 2 aromatic heterocycles. The van der Waals surface area contributed by atoms with Crippen LogP contribution in [0, 0.1) is 0 Å². The predicted molar refractivity (Wildman–Crippen MR) is 158 cm³/mol. The topological polar surface area (TPSA) is 173 Å². The van der Waals surface area contributed by atoms with Crippen LogP contribution in [0.2, 0.25) is 0 Å².